The summed E-state index contributed by atoms with van der Waals surface area (Å²) in [7, 11) is 1.39. The molecule has 0 aliphatic heterocycles. The maximum absolute atomic E-state index is 12.2. The third-order valence-corrected chi connectivity index (χ3v) is 5.58. The van der Waals surface area contributed by atoms with E-state index in [0.717, 1.165) is 22.5 Å². The molecule has 2 aromatic rings. The van der Waals surface area contributed by atoms with Crippen molar-refractivity contribution in [2.45, 2.75) is 58.0 Å². The second-order valence-corrected chi connectivity index (χ2v) is 7.88. The Morgan fingerprint density at radius 2 is 1.68 bits per heavy atom. The van der Waals surface area contributed by atoms with E-state index in [9.17, 15) is 9.59 Å². The van der Waals surface area contributed by atoms with Crippen molar-refractivity contribution in [2.75, 3.05) is 24.4 Å². The molecule has 2 aromatic carbocycles. The Kier molecular flexibility index (Phi) is 8.33. The number of hydrogen-bond acceptors (Lipinski definition) is 6. The molecule has 0 aromatic heterocycles. The molecule has 0 atom stereocenters. The van der Waals surface area contributed by atoms with Crippen LogP contribution in [0.25, 0.3) is 0 Å². The molecule has 2 N–H and O–H groups in total. The Balaban J connectivity index is 1.72. The maximum atomic E-state index is 12.2. The Bertz CT molecular complexity index is 874. The van der Waals surface area contributed by atoms with Gasteiger partial charge < -0.3 is 20.1 Å². The average Bonchev–Trinajstić information content (AvgIpc) is 2.80. The van der Waals surface area contributed by atoms with Gasteiger partial charge in [0.05, 0.1) is 37.1 Å². The van der Waals surface area contributed by atoms with Crippen LogP contribution < -0.4 is 10.6 Å². The van der Waals surface area contributed by atoms with Crippen molar-refractivity contribution >= 4 is 23.3 Å². The number of nitrogens with one attached hydrogen (secondary N) is 2. The fraction of sp³-hybridized carbons (Fsp3) is 0.440. The second-order valence-electron chi connectivity index (χ2n) is 7.88. The molecule has 0 heterocycles. The standard InChI is InChI=1S/C25H32N2O4/c1-3-31-25(29)20-13-14-22(27-21-7-5-4-6-8-21)23(16-20)26-17-19-11-9-18(10-12-19)15-24(28)30-2/h9-14,16,21,26-27H,3-8,15,17H2,1-2H3. The van der Waals surface area contributed by atoms with E-state index in [-0.39, 0.29) is 18.4 Å². The molecule has 1 saturated carbocycles. The first-order valence-corrected chi connectivity index (χ1v) is 11.0. The van der Waals surface area contributed by atoms with Crippen molar-refractivity contribution < 1.29 is 19.1 Å². The predicted octanol–water partition coefficient (Wildman–Crippen LogP) is 4.94. The van der Waals surface area contributed by atoms with Crippen LogP contribution in [0.2, 0.25) is 0 Å². The zero-order chi connectivity index (χ0) is 22.1. The van der Waals surface area contributed by atoms with Crippen LogP contribution in [0.1, 0.15) is 60.5 Å². The highest BCUT2D eigenvalue weighted by Crippen LogP contribution is 2.29. The van der Waals surface area contributed by atoms with E-state index in [0.29, 0.717) is 24.8 Å². The summed E-state index contributed by atoms with van der Waals surface area (Å²) in [6.45, 7) is 2.76. The van der Waals surface area contributed by atoms with Gasteiger partial charge in [0.25, 0.3) is 0 Å². The lowest BCUT2D eigenvalue weighted by Crippen LogP contribution is -2.23. The van der Waals surface area contributed by atoms with Crippen molar-refractivity contribution in [3.05, 3.63) is 59.2 Å². The van der Waals surface area contributed by atoms with Gasteiger partial charge in [-0.2, -0.15) is 0 Å². The maximum Gasteiger partial charge on any atom is 0.338 e. The molecule has 3 rings (SSSR count). The lowest BCUT2D eigenvalue weighted by Gasteiger charge is -2.25. The number of carbonyl (C=O) groups excluding carboxylic acids is 2. The quantitative estimate of drug-likeness (QED) is 0.556. The minimum atomic E-state index is -0.318. The van der Waals surface area contributed by atoms with Gasteiger partial charge in [-0.15, -0.1) is 0 Å². The molecule has 0 bridgehead atoms. The van der Waals surface area contributed by atoms with Crippen LogP contribution in [0.3, 0.4) is 0 Å². The fourth-order valence-corrected chi connectivity index (χ4v) is 3.84. The molecular weight excluding hydrogens is 392 g/mol. The van der Waals surface area contributed by atoms with Crippen molar-refractivity contribution in [3.8, 4) is 0 Å². The lowest BCUT2D eigenvalue weighted by molar-refractivity contribution is -0.139. The molecular formula is C25H32N2O4. The van der Waals surface area contributed by atoms with Gasteiger partial charge >= 0.3 is 11.9 Å². The van der Waals surface area contributed by atoms with E-state index in [1.165, 1.54) is 39.2 Å². The van der Waals surface area contributed by atoms with Gasteiger partial charge in [0.2, 0.25) is 0 Å². The van der Waals surface area contributed by atoms with E-state index in [2.05, 4.69) is 10.6 Å². The topological polar surface area (TPSA) is 76.7 Å². The zero-order valence-corrected chi connectivity index (χ0v) is 18.4. The highest BCUT2D eigenvalue weighted by atomic mass is 16.5. The second kappa shape index (κ2) is 11.4. The van der Waals surface area contributed by atoms with Gasteiger partial charge in [0.1, 0.15) is 0 Å². The van der Waals surface area contributed by atoms with Crippen LogP contribution in [-0.2, 0) is 27.2 Å². The molecule has 0 amide bonds. The molecule has 1 aliphatic carbocycles. The summed E-state index contributed by atoms with van der Waals surface area (Å²) in [4.78, 5) is 23.6. The Morgan fingerprint density at radius 1 is 0.968 bits per heavy atom. The van der Waals surface area contributed by atoms with Gasteiger partial charge in [-0.3, -0.25) is 4.79 Å². The SMILES string of the molecule is CCOC(=O)c1ccc(NC2CCCCC2)c(NCc2ccc(CC(=O)OC)cc2)c1. The summed E-state index contributed by atoms with van der Waals surface area (Å²) in [6.07, 6.45) is 6.40. The first-order valence-electron chi connectivity index (χ1n) is 11.0. The number of rotatable bonds is 9. The molecule has 166 valence electrons. The van der Waals surface area contributed by atoms with Crippen LogP contribution in [0.15, 0.2) is 42.5 Å². The van der Waals surface area contributed by atoms with Crippen LogP contribution in [0.5, 0.6) is 0 Å². The van der Waals surface area contributed by atoms with E-state index < -0.39 is 0 Å². The van der Waals surface area contributed by atoms with Crippen LogP contribution in [0, 0.1) is 0 Å². The Labute approximate surface area is 184 Å². The molecule has 31 heavy (non-hydrogen) atoms. The number of ether oxygens (including phenoxy) is 2. The monoisotopic (exact) mass is 424 g/mol. The highest BCUT2D eigenvalue weighted by molar-refractivity contribution is 5.92. The van der Waals surface area contributed by atoms with Gasteiger partial charge in [0, 0.05) is 12.6 Å². The summed E-state index contributed by atoms with van der Waals surface area (Å²) in [5.41, 5.74) is 4.42. The first kappa shape index (κ1) is 22.7. The summed E-state index contributed by atoms with van der Waals surface area (Å²) >= 11 is 0. The van der Waals surface area contributed by atoms with E-state index >= 15 is 0 Å². The number of anilines is 2. The van der Waals surface area contributed by atoms with Crippen LogP contribution >= 0.6 is 0 Å². The normalized spacial score (nSPS) is 14.0. The minimum absolute atomic E-state index is 0.250. The van der Waals surface area contributed by atoms with Crippen molar-refractivity contribution in [1.82, 2.24) is 0 Å². The fourth-order valence-electron chi connectivity index (χ4n) is 3.84. The van der Waals surface area contributed by atoms with Gasteiger partial charge in [-0.25, -0.2) is 4.79 Å². The van der Waals surface area contributed by atoms with Gasteiger partial charge in [0.15, 0.2) is 0 Å². The molecule has 6 heteroatoms. The lowest BCUT2D eigenvalue weighted by atomic mass is 9.95. The molecule has 1 fully saturated rings. The summed E-state index contributed by atoms with van der Waals surface area (Å²) in [5, 5.41) is 7.12. The summed E-state index contributed by atoms with van der Waals surface area (Å²) < 4.78 is 9.88. The minimum Gasteiger partial charge on any atom is -0.469 e. The van der Waals surface area contributed by atoms with Crippen LogP contribution in [0.4, 0.5) is 11.4 Å². The molecule has 0 unspecified atom stereocenters. The van der Waals surface area contributed by atoms with Gasteiger partial charge in [-0.1, -0.05) is 43.5 Å². The average molecular weight is 425 g/mol. The van der Waals surface area contributed by atoms with Crippen molar-refractivity contribution in [1.29, 1.82) is 0 Å². The Morgan fingerprint density at radius 3 is 2.35 bits per heavy atom. The van der Waals surface area contributed by atoms with E-state index in [1.54, 1.807) is 6.92 Å². The number of carbonyl (C=O) groups is 2. The van der Waals surface area contributed by atoms with Gasteiger partial charge in [-0.05, 0) is 49.1 Å². The summed E-state index contributed by atoms with van der Waals surface area (Å²) in [5.74, 6) is -0.568. The smallest absolute Gasteiger partial charge is 0.338 e. The Hall–Kier alpha value is -3.02. The number of methoxy groups -OCH3 is 1. The van der Waals surface area contributed by atoms with Crippen molar-refractivity contribution in [2.24, 2.45) is 0 Å². The molecule has 6 nitrogen and oxygen atoms in total. The number of hydrogen-bond donors (Lipinski definition) is 2. The zero-order valence-electron chi connectivity index (χ0n) is 18.4. The number of benzene rings is 2. The van der Waals surface area contributed by atoms with E-state index in [4.69, 9.17) is 9.47 Å². The van der Waals surface area contributed by atoms with Crippen LogP contribution in [-0.4, -0.2) is 31.7 Å². The highest BCUT2D eigenvalue weighted by Gasteiger charge is 2.16. The molecule has 0 radical (unpaired) electrons. The molecule has 0 spiro atoms. The number of esters is 2. The van der Waals surface area contributed by atoms with Crippen molar-refractivity contribution in [3.63, 3.8) is 0 Å². The largest absolute Gasteiger partial charge is 0.469 e. The third-order valence-electron chi connectivity index (χ3n) is 5.58. The third kappa shape index (κ3) is 6.74. The predicted molar refractivity (Wildman–Crippen MR) is 122 cm³/mol. The molecule has 1 aliphatic rings. The summed E-state index contributed by atoms with van der Waals surface area (Å²) in [6, 6.07) is 13.9. The molecule has 0 saturated heterocycles. The van der Waals surface area contributed by atoms with E-state index in [1.807, 2.05) is 42.5 Å². The first-order chi connectivity index (χ1) is 15.1.